The molecule has 20 heavy (non-hydrogen) atoms. The monoisotopic (exact) mass is 291 g/mol. The van der Waals surface area contributed by atoms with Crippen molar-refractivity contribution in [1.29, 1.82) is 0 Å². The SMILES string of the molecule is CCNCC1CCOC1c1ccc(F)c(C(F)(F)F)c1. The van der Waals surface area contributed by atoms with Gasteiger partial charge in [-0.2, -0.15) is 13.2 Å². The molecule has 1 saturated heterocycles. The first-order valence-corrected chi connectivity index (χ1v) is 6.62. The minimum absolute atomic E-state index is 0.112. The van der Waals surface area contributed by atoms with E-state index in [0.717, 1.165) is 25.1 Å². The van der Waals surface area contributed by atoms with Gasteiger partial charge in [0.25, 0.3) is 0 Å². The van der Waals surface area contributed by atoms with Gasteiger partial charge in [0, 0.05) is 19.1 Å². The molecule has 1 heterocycles. The van der Waals surface area contributed by atoms with Crippen LogP contribution >= 0.6 is 0 Å². The number of benzene rings is 1. The number of hydrogen-bond donors (Lipinski definition) is 1. The van der Waals surface area contributed by atoms with Crippen LogP contribution in [0.4, 0.5) is 17.6 Å². The van der Waals surface area contributed by atoms with Crippen LogP contribution in [0.25, 0.3) is 0 Å². The third-order valence-corrected chi connectivity index (χ3v) is 3.50. The predicted octanol–water partition coefficient (Wildman–Crippen LogP) is 3.53. The van der Waals surface area contributed by atoms with Gasteiger partial charge in [0.1, 0.15) is 5.82 Å². The largest absolute Gasteiger partial charge is 0.419 e. The first-order valence-electron chi connectivity index (χ1n) is 6.62. The van der Waals surface area contributed by atoms with Gasteiger partial charge in [-0.1, -0.05) is 13.0 Å². The van der Waals surface area contributed by atoms with Gasteiger partial charge in [0.05, 0.1) is 11.7 Å². The summed E-state index contributed by atoms with van der Waals surface area (Å²) in [5.41, 5.74) is -0.841. The number of rotatable bonds is 4. The molecule has 0 amide bonds. The average Bonchev–Trinajstić information content (AvgIpc) is 2.84. The standard InChI is InChI=1S/C14H17F4NO/c1-2-19-8-10-5-6-20-13(10)9-3-4-12(15)11(7-9)14(16,17)18/h3-4,7,10,13,19H,2,5-6,8H2,1H3. The maximum absolute atomic E-state index is 13.3. The highest BCUT2D eigenvalue weighted by atomic mass is 19.4. The van der Waals surface area contributed by atoms with E-state index in [4.69, 9.17) is 4.74 Å². The molecule has 1 aromatic rings. The third-order valence-electron chi connectivity index (χ3n) is 3.50. The van der Waals surface area contributed by atoms with Crippen LogP contribution in [0, 0.1) is 11.7 Å². The van der Waals surface area contributed by atoms with Crippen molar-refractivity contribution in [3.8, 4) is 0 Å². The molecule has 112 valence electrons. The number of halogens is 4. The molecule has 1 aromatic carbocycles. The van der Waals surface area contributed by atoms with Gasteiger partial charge in [-0.05, 0) is 30.7 Å². The number of alkyl halides is 3. The summed E-state index contributed by atoms with van der Waals surface area (Å²) in [7, 11) is 0. The summed E-state index contributed by atoms with van der Waals surface area (Å²) in [4.78, 5) is 0. The Morgan fingerprint density at radius 3 is 2.75 bits per heavy atom. The van der Waals surface area contributed by atoms with E-state index in [1.54, 1.807) is 0 Å². The zero-order valence-electron chi connectivity index (χ0n) is 11.1. The lowest BCUT2D eigenvalue weighted by molar-refractivity contribution is -0.140. The molecule has 0 aliphatic carbocycles. The Balaban J connectivity index is 2.24. The highest BCUT2D eigenvalue weighted by Gasteiger charge is 2.36. The zero-order chi connectivity index (χ0) is 14.8. The lowest BCUT2D eigenvalue weighted by atomic mass is 9.94. The number of hydrogen-bond acceptors (Lipinski definition) is 2. The van der Waals surface area contributed by atoms with E-state index in [1.165, 1.54) is 6.07 Å². The fraction of sp³-hybridized carbons (Fsp3) is 0.571. The lowest BCUT2D eigenvalue weighted by Gasteiger charge is -2.20. The Kier molecular flexibility index (Phi) is 4.65. The average molecular weight is 291 g/mol. The molecule has 0 bridgehead atoms. The molecule has 1 aliphatic heterocycles. The predicted molar refractivity (Wildman–Crippen MR) is 66.7 cm³/mol. The summed E-state index contributed by atoms with van der Waals surface area (Å²) in [5.74, 6) is -1.14. The molecule has 2 atom stereocenters. The highest BCUT2D eigenvalue weighted by molar-refractivity contribution is 5.29. The maximum atomic E-state index is 13.3. The van der Waals surface area contributed by atoms with Gasteiger partial charge >= 0.3 is 6.18 Å². The van der Waals surface area contributed by atoms with E-state index >= 15 is 0 Å². The molecule has 0 radical (unpaired) electrons. The van der Waals surface area contributed by atoms with Crippen molar-refractivity contribution < 1.29 is 22.3 Å². The van der Waals surface area contributed by atoms with Crippen LogP contribution in [0.1, 0.15) is 30.6 Å². The van der Waals surface area contributed by atoms with Crippen molar-refractivity contribution in [3.05, 3.63) is 35.1 Å². The van der Waals surface area contributed by atoms with E-state index in [2.05, 4.69) is 5.32 Å². The van der Waals surface area contributed by atoms with Crippen LogP contribution in [0.3, 0.4) is 0 Å². The van der Waals surface area contributed by atoms with E-state index < -0.39 is 23.7 Å². The Morgan fingerprint density at radius 1 is 1.35 bits per heavy atom. The van der Waals surface area contributed by atoms with Gasteiger partial charge in [-0.3, -0.25) is 0 Å². The Labute approximate surface area is 115 Å². The van der Waals surface area contributed by atoms with Gasteiger partial charge in [-0.15, -0.1) is 0 Å². The van der Waals surface area contributed by atoms with Gasteiger partial charge in [0.15, 0.2) is 0 Å². The molecule has 2 nitrogen and oxygen atoms in total. The molecule has 1 aliphatic rings. The Hall–Kier alpha value is -1.14. The van der Waals surface area contributed by atoms with Crippen molar-refractivity contribution in [2.45, 2.75) is 25.6 Å². The van der Waals surface area contributed by atoms with Crippen LogP contribution in [0.15, 0.2) is 18.2 Å². The van der Waals surface area contributed by atoms with Gasteiger partial charge in [0.2, 0.25) is 0 Å². The Morgan fingerprint density at radius 2 is 2.10 bits per heavy atom. The smallest absolute Gasteiger partial charge is 0.373 e. The second kappa shape index (κ2) is 6.10. The van der Waals surface area contributed by atoms with E-state index in [-0.39, 0.29) is 5.92 Å². The van der Waals surface area contributed by atoms with Crippen LogP contribution in [0.5, 0.6) is 0 Å². The first kappa shape index (κ1) is 15.3. The molecular formula is C14H17F4NO. The molecular weight excluding hydrogens is 274 g/mol. The molecule has 1 N–H and O–H groups in total. The first-order chi connectivity index (χ1) is 9.43. The van der Waals surface area contributed by atoms with Crippen LogP contribution in [-0.4, -0.2) is 19.7 Å². The molecule has 2 unspecified atom stereocenters. The van der Waals surface area contributed by atoms with Crippen molar-refractivity contribution in [2.24, 2.45) is 5.92 Å². The molecule has 6 heteroatoms. The topological polar surface area (TPSA) is 21.3 Å². The van der Waals surface area contributed by atoms with E-state index in [1.807, 2.05) is 6.92 Å². The van der Waals surface area contributed by atoms with Crippen molar-refractivity contribution in [1.82, 2.24) is 5.32 Å². The summed E-state index contributed by atoms with van der Waals surface area (Å²) in [5, 5.41) is 3.17. The summed E-state index contributed by atoms with van der Waals surface area (Å²) < 4.78 is 57.0. The zero-order valence-corrected chi connectivity index (χ0v) is 11.1. The minimum Gasteiger partial charge on any atom is -0.373 e. The molecule has 0 aromatic heterocycles. The van der Waals surface area contributed by atoms with Crippen molar-refractivity contribution >= 4 is 0 Å². The fourth-order valence-corrected chi connectivity index (χ4v) is 2.48. The third kappa shape index (κ3) is 3.30. The second-order valence-electron chi connectivity index (χ2n) is 4.88. The van der Waals surface area contributed by atoms with E-state index in [9.17, 15) is 17.6 Å². The van der Waals surface area contributed by atoms with Crippen molar-refractivity contribution in [2.75, 3.05) is 19.7 Å². The summed E-state index contributed by atoms with van der Waals surface area (Å²) in [6, 6.07) is 3.11. The molecule has 0 saturated carbocycles. The van der Waals surface area contributed by atoms with Crippen molar-refractivity contribution in [3.63, 3.8) is 0 Å². The van der Waals surface area contributed by atoms with E-state index in [0.29, 0.717) is 18.7 Å². The fourth-order valence-electron chi connectivity index (χ4n) is 2.48. The van der Waals surface area contributed by atoms with Crippen LogP contribution in [0.2, 0.25) is 0 Å². The minimum atomic E-state index is -4.68. The van der Waals surface area contributed by atoms with Gasteiger partial charge < -0.3 is 10.1 Å². The van der Waals surface area contributed by atoms with Gasteiger partial charge in [-0.25, -0.2) is 4.39 Å². The molecule has 1 fully saturated rings. The summed E-state index contributed by atoms with van der Waals surface area (Å²) in [6.07, 6.45) is -4.30. The van der Waals surface area contributed by atoms with Crippen LogP contribution < -0.4 is 5.32 Å². The Bertz CT molecular complexity index is 461. The summed E-state index contributed by atoms with van der Waals surface area (Å²) in [6.45, 7) is 3.95. The summed E-state index contributed by atoms with van der Waals surface area (Å²) >= 11 is 0. The molecule has 2 rings (SSSR count). The number of ether oxygens (including phenoxy) is 1. The second-order valence-corrected chi connectivity index (χ2v) is 4.88. The highest BCUT2D eigenvalue weighted by Crippen LogP contribution is 2.38. The van der Waals surface area contributed by atoms with Crippen LogP contribution in [-0.2, 0) is 10.9 Å². The quantitative estimate of drug-likeness (QED) is 0.857. The normalized spacial score (nSPS) is 23.2. The number of nitrogens with one attached hydrogen (secondary N) is 1. The lowest BCUT2D eigenvalue weighted by Crippen LogP contribution is -2.24. The molecule has 0 spiro atoms. The maximum Gasteiger partial charge on any atom is 0.419 e.